The van der Waals surface area contributed by atoms with Gasteiger partial charge in [0.15, 0.2) is 0 Å². The van der Waals surface area contributed by atoms with Gasteiger partial charge >= 0.3 is 5.97 Å². The van der Waals surface area contributed by atoms with Crippen LogP contribution in [0.1, 0.15) is 43.9 Å². The molecule has 3 aromatic rings. The Balaban J connectivity index is 1.82. The summed E-state index contributed by atoms with van der Waals surface area (Å²) in [6.07, 6.45) is 1.07. The highest BCUT2D eigenvalue weighted by Crippen LogP contribution is 2.29. The molecule has 1 aromatic heterocycles. The first-order chi connectivity index (χ1) is 14.4. The molecular formula is C24H28N2O4. The van der Waals surface area contributed by atoms with E-state index in [9.17, 15) is 4.79 Å². The number of nitrogens with zero attached hydrogens (tertiary/aromatic N) is 2. The van der Waals surface area contributed by atoms with Gasteiger partial charge in [0.2, 0.25) is 5.82 Å². The summed E-state index contributed by atoms with van der Waals surface area (Å²) in [7, 11) is 0. The SMILES string of the molecule is CCOC(=O)CCc1cccc(-c2noc(-c3ccc(OC(C)C)c(C)c3)n2)c1C. The number of esters is 1. The third-order valence-electron chi connectivity index (χ3n) is 4.80. The van der Waals surface area contributed by atoms with Gasteiger partial charge in [0.1, 0.15) is 5.75 Å². The molecule has 0 aliphatic rings. The Hall–Kier alpha value is -3.15. The fourth-order valence-corrected chi connectivity index (χ4v) is 3.29. The summed E-state index contributed by atoms with van der Waals surface area (Å²) in [6.45, 7) is 10.2. The van der Waals surface area contributed by atoms with E-state index in [0.29, 0.717) is 31.2 Å². The normalized spacial score (nSPS) is 11.0. The molecule has 0 N–H and O–H groups in total. The second-order valence-corrected chi connectivity index (χ2v) is 7.46. The zero-order chi connectivity index (χ0) is 21.7. The van der Waals surface area contributed by atoms with Gasteiger partial charge in [-0.2, -0.15) is 4.98 Å². The van der Waals surface area contributed by atoms with Crippen molar-refractivity contribution in [3.05, 3.63) is 53.1 Å². The molecule has 0 saturated carbocycles. The summed E-state index contributed by atoms with van der Waals surface area (Å²) in [5.41, 5.74) is 4.85. The highest BCUT2D eigenvalue weighted by atomic mass is 16.5. The fraction of sp³-hybridized carbons (Fsp3) is 0.375. The summed E-state index contributed by atoms with van der Waals surface area (Å²) in [6, 6.07) is 11.7. The van der Waals surface area contributed by atoms with Gasteiger partial charge < -0.3 is 14.0 Å². The third kappa shape index (κ3) is 5.06. The summed E-state index contributed by atoms with van der Waals surface area (Å²) in [5, 5.41) is 4.18. The monoisotopic (exact) mass is 408 g/mol. The number of ether oxygens (including phenoxy) is 2. The van der Waals surface area contributed by atoms with Crippen LogP contribution in [0.3, 0.4) is 0 Å². The average molecular weight is 408 g/mol. The average Bonchev–Trinajstić information content (AvgIpc) is 3.18. The van der Waals surface area contributed by atoms with Crippen molar-refractivity contribution in [3.63, 3.8) is 0 Å². The van der Waals surface area contributed by atoms with E-state index in [2.05, 4.69) is 10.1 Å². The lowest BCUT2D eigenvalue weighted by molar-refractivity contribution is -0.143. The molecule has 0 radical (unpaired) electrons. The Kier molecular flexibility index (Phi) is 6.87. The Morgan fingerprint density at radius 3 is 2.67 bits per heavy atom. The summed E-state index contributed by atoms with van der Waals surface area (Å²) >= 11 is 0. The molecule has 0 fully saturated rings. The molecule has 158 valence electrons. The molecule has 6 heteroatoms. The lowest BCUT2D eigenvalue weighted by Gasteiger charge is -2.12. The number of hydrogen-bond acceptors (Lipinski definition) is 6. The largest absolute Gasteiger partial charge is 0.491 e. The topological polar surface area (TPSA) is 74.5 Å². The van der Waals surface area contributed by atoms with Crippen molar-refractivity contribution in [1.82, 2.24) is 10.1 Å². The zero-order valence-corrected chi connectivity index (χ0v) is 18.2. The van der Waals surface area contributed by atoms with E-state index in [-0.39, 0.29) is 12.1 Å². The van der Waals surface area contributed by atoms with E-state index in [1.54, 1.807) is 0 Å². The van der Waals surface area contributed by atoms with E-state index in [1.165, 1.54) is 0 Å². The molecule has 0 aliphatic carbocycles. The van der Waals surface area contributed by atoms with E-state index >= 15 is 0 Å². The van der Waals surface area contributed by atoms with Crippen LogP contribution in [0.15, 0.2) is 40.9 Å². The maximum absolute atomic E-state index is 11.7. The van der Waals surface area contributed by atoms with Gasteiger partial charge in [-0.15, -0.1) is 0 Å². The molecule has 0 saturated heterocycles. The number of hydrogen-bond donors (Lipinski definition) is 0. The molecule has 2 aromatic carbocycles. The van der Waals surface area contributed by atoms with Crippen LogP contribution in [-0.2, 0) is 16.0 Å². The van der Waals surface area contributed by atoms with Crippen LogP contribution >= 0.6 is 0 Å². The van der Waals surface area contributed by atoms with Crippen LogP contribution in [0, 0.1) is 13.8 Å². The van der Waals surface area contributed by atoms with E-state index < -0.39 is 0 Å². The molecule has 6 nitrogen and oxygen atoms in total. The zero-order valence-electron chi connectivity index (χ0n) is 18.2. The van der Waals surface area contributed by atoms with Crippen LogP contribution < -0.4 is 4.74 Å². The minimum atomic E-state index is -0.190. The molecule has 0 spiro atoms. The molecule has 0 aliphatic heterocycles. The minimum absolute atomic E-state index is 0.114. The van der Waals surface area contributed by atoms with Crippen molar-refractivity contribution >= 4 is 5.97 Å². The van der Waals surface area contributed by atoms with Gasteiger partial charge in [-0.3, -0.25) is 4.79 Å². The van der Waals surface area contributed by atoms with Crippen molar-refractivity contribution in [2.75, 3.05) is 6.61 Å². The third-order valence-corrected chi connectivity index (χ3v) is 4.80. The van der Waals surface area contributed by atoms with Crippen molar-refractivity contribution in [2.24, 2.45) is 0 Å². The van der Waals surface area contributed by atoms with Crippen LogP contribution in [0.4, 0.5) is 0 Å². The van der Waals surface area contributed by atoms with Gasteiger partial charge in [-0.25, -0.2) is 0 Å². The number of rotatable bonds is 8. The quantitative estimate of drug-likeness (QED) is 0.471. The Morgan fingerprint density at radius 2 is 1.97 bits per heavy atom. The van der Waals surface area contributed by atoms with Gasteiger partial charge in [-0.1, -0.05) is 23.4 Å². The Bertz CT molecular complexity index is 1020. The lowest BCUT2D eigenvalue weighted by atomic mass is 9.98. The molecule has 0 bridgehead atoms. The first-order valence-electron chi connectivity index (χ1n) is 10.2. The van der Waals surface area contributed by atoms with Gasteiger partial charge in [0, 0.05) is 17.5 Å². The standard InChI is InChI=1S/C24H28N2O4/c1-6-28-22(27)13-11-18-8-7-9-20(17(18)5)23-25-24(30-26-23)19-10-12-21(16(4)14-19)29-15(2)3/h7-10,12,14-15H,6,11,13H2,1-5H3. The first-order valence-corrected chi connectivity index (χ1v) is 10.2. The summed E-state index contributed by atoms with van der Waals surface area (Å²) in [5.74, 6) is 1.64. The number of carbonyl (C=O) groups is 1. The van der Waals surface area contributed by atoms with Crippen molar-refractivity contribution in [3.8, 4) is 28.6 Å². The van der Waals surface area contributed by atoms with Gasteiger partial charge in [-0.05, 0) is 75.9 Å². The number of carbonyl (C=O) groups excluding carboxylic acids is 1. The van der Waals surface area contributed by atoms with Gasteiger partial charge in [0.05, 0.1) is 12.7 Å². The molecule has 3 rings (SSSR count). The van der Waals surface area contributed by atoms with Crippen molar-refractivity contribution < 1.29 is 18.8 Å². The van der Waals surface area contributed by atoms with Crippen LogP contribution in [0.25, 0.3) is 22.8 Å². The fourth-order valence-electron chi connectivity index (χ4n) is 3.29. The van der Waals surface area contributed by atoms with Crippen LogP contribution in [0.2, 0.25) is 0 Å². The molecule has 0 amide bonds. The van der Waals surface area contributed by atoms with Gasteiger partial charge in [0.25, 0.3) is 5.89 Å². The van der Waals surface area contributed by atoms with Crippen LogP contribution in [-0.4, -0.2) is 28.8 Å². The molecule has 0 atom stereocenters. The smallest absolute Gasteiger partial charge is 0.306 e. The minimum Gasteiger partial charge on any atom is -0.491 e. The molecule has 30 heavy (non-hydrogen) atoms. The second kappa shape index (κ2) is 9.57. The number of aryl methyl sites for hydroxylation is 2. The summed E-state index contributed by atoms with van der Waals surface area (Å²) in [4.78, 5) is 16.3. The van der Waals surface area contributed by atoms with Crippen LogP contribution in [0.5, 0.6) is 5.75 Å². The highest BCUT2D eigenvalue weighted by molar-refractivity contribution is 5.70. The maximum Gasteiger partial charge on any atom is 0.306 e. The highest BCUT2D eigenvalue weighted by Gasteiger charge is 2.16. The Labute approximate surface area is 177 Å². The number of benzene rings is 2. The van der Waals surface area contributed by atoms with E-state index in [4.69, 9.17) is 14.0 Å². The summed E-state index contributed by atoms with van der Waals surface area (Å²) < 4.78 is 16.3. The molecule has 0 unspecified atom stereocenters. The Morgan fingerprint density at radius 1 is 1.17 bits per heavy atom. The lowest BCUT2D eigenvalue weighted by Crippen LogP contribution is -2.06. The van der Waals surface area contributed by atoms with E-state index in [1.807, 2.05) is 71.0 Å². The molecule has 1 heterocycles. The number of aromatic nitrogens is 2. The molecular weight excluding hydrogens is 380 g/mol. The maximum atomic E-state index is 11.7. The predicted octanol–water partition coefficient (Wildman–Crippen LogP) is 5.30. The van der Waals surface area contributed by atoms with Crippen molar-refractivity contribution in [1.29, 1.82) is 0 Å². The van der Waals surface area contributed by atoms with Crippen molar-refractivity contribution in [2.45, 2.75) is 53.6 Å². The van der Waals surface area contributed by atoms with E-state index in [0.717, 1.165) is 33.6 Å². The first kappa shape index (κ1) is 21.6. The predicted molar refractivity (Wildman–Crippen MR) is 115 cm³/mol. The second-order valence-electron chi connectivity index (χ2n) is 7.46.